The molecular formula is C12H19NO4. The van der Waals surface area contributed by atoms with Crippen LogP contribution in [0.4, 0.5) is 4.79 Å². The quantitative estimate of drug-likeness (QED) is 0.787. The van der Waals surface area contributed by atoms with E-state index in [2.05, 4.69) is 13.8 Å². The van der Waals surface area contributed by atoms with Crippen molar-refractivity contribution < 1.29 is 19.4 Å². The number of ether oxygens (including phenoxy) is 1. The third-order valence-electron chi connectivity index (χ3n) is 3.81. The summed E-state index contributed by atoms with van der Waals surface area (Å²) >= 11 is 0. The molecule has 0 spiro atoms. The monoisotopic (exact) mass is 241 g/mol. The van der Waals surface area contributed by atoms with Gasteiger partial charge in [0, 0.05) is 6.04 Å². The predicted octanol–water partition coefficient (Wildman–Crippen LogP) is 1.15. The number of nitrogens with zero attached hydrogens (tertiary/aromatic N) is 1. The molecule has 1 saturated carbocycles. The van der Waals surface area contributed by atoms with Crippen molar-refractivity contribution >= 4 is 12.0 Å². The van der Waals surface area contributed by atoms with E-state index in [-0.39, 0.29) is 24.5 Å². The Morgan fingerprint density at radius 1 is 1.35 bits per heavy atom. The molecule has 17 heavy (non-hydrogen) atoms. The van der Waals surface area contributed by atoms with Gasteiger partial charge in [0.25, 0.3) is 5.91 Å². The first kappa shape index (κ1) is 12.4. The summed E-state index contributed by atoms with van der Waals surface area (Å²) in [6.45, 7) is 4.01. The van der Waals surface area contributed by atoms with Gasteiger partial charge in [-0.3, -0.25) is 4.79 Å². The Bertz CT molecular complexity index is 312. The number of rotatable bonds is 2. The van der Waals surface area contributed by atoms with Crippen molar-refractivity contribution in [1.82, 2.24) is 4.90 Å². The number of carbonyl (C=O) groups excluding carboxylic acids is 2. The van der Waals surface area contributed by atoms with Gasteiger partial charge in [0.05, 0.1) is 6.10 Å². The standard InChI is InChI=1S/C12H19NO4/c1-7(2)9-4-3-8(14)5-10(9)13-11(15)6-17-12(13)16/h7-10,14H,3-6H2,1-2H3. The number of imide groups is 1. The third-order valence-corrected chi connectivity index (χ3v) is 3.81. The lowest BCUT2D eigenvalue weighted by molar-refractivity contribution is -0.129. The molecule has 3 atom stereocenters. The fraction of sp³-hybridized carbons (Fsp3) is 0.833. The van der Waals surface area contributed by atoms with Crippen molar-refractivity contribution in [3.63, 3.8) is 0 Å². The first-order chi connectivity index (χ1) is 8.00. The lowest BCUT2D eigenvalue weighted by Gasteiger charge is -2.39. The first-order valence-corrected chi connectivity index (χ1v) is 6.17. The molecule has 2 rings (SSSR count). The molecule has 1 aliphatic heterocycles. The number of hydrogen-bond donors (Lipinski definition) is 1. The lowest BCUT2D eigenvalue weighted by atomic mass is 9.76. The van der Waals surface area contributed by atoms with Crippen molar-refractivity contribution in [3.05, 3.63) is 0 Å². The Balaban J connectivity index is 2.19. The molecule has 2 aliphatic rings. The number of amides is 2. The van der Waals surface area contributed by atoms with Gasteiger partial charge in [-0.15, -0.1) is 0 Å². The van der Waals surface area contributed by atoms with Crippen molar-refractivity contribution in [2.75, 3.05) is 6.61 Å². The van der Waals surface area contributed by atoms with Crippen LogP contribution in [0.15, 0.2) is 0 Å². The number of cyclic esters (lactones) is 1. The molecule has 2 amide bonds. The van der Waals surface area contributed by atoms with Gasteiger partial charge in [0.15, 0.2) is 6.61 Å². The van der Waals surface area contributed by atoms with E-state index in [0.29, 0.717) is 12.3 Å². The maximum absolute atomic E-state index is 11.7. The van der Waals surface area contributed by atoms with Crippen LogP contribution < -0.4 is 0 Å². The molecule has 1 saturated heterocycles. The van der Waals surface area contributed by atoms with Crippen molar-refractivity contribution in [3.8, 4) is 0 Å². The second-order valence-corrected chi connectivity index (χ2v) is 5.26. The summed E-state index contributed by atoms with van der Waals surface area (Å²) in [6.07, 6.45) is 1.09. The summed E-state index contributed by atoms with van der Waals surface area (Å²) in [5.74, 6) is 0.362. The molecule has 0 aromatic rings. The van der Waals surface area contributed by atoms with Gasteiger partial charge >= 0.3 is 6.09 Å². The van der Waals surface area contributed by atoms with E-state index in [1.807, 2.05) is 0 Å². The summed E-state index contributed by atoms with van der Waals surface area (Å²) in [6, 6.07) is -0.207. The Morgan fingerprint density at radius 2 is 2.06 bits per heavy atom. The van der Waals surface area contributed by atoms with Gasteiger partial charge in [-0.2, -0.15) is 0 Å². The molecule has 2 fully saturated rings. The van der Waals surface area contributed by atoms with Crippen LogP contribution in [0.5, 0.6) is 0 Å². The molecule has 3 unspecified atom stereocenters. The predicted molar refractivity (Wildman–Crippen MR) is 60.2 cm³/mol. The van der Waals surface area contributed by atoms with Gasteiger partial charge in [-0.05, 0) is 31.1 Å². The summed E-state index contributed by atoms with van der Waals surface area (Å²) in [4.78, 5) is 24.4. The zero-order valence-corrected chi connectivity index (χ0v) is 10.3. The summed E-state index contributed by atoms with van der Waals surface area (Å²) < 4.78 is 4.75. The average molecular weight is 241 g/mol. The number of hydrogen-bond acceptors (Lipinski definition) is 4. The second kappa shape index (κ2) is 4.64. The minimum Gasteiger partial charge on any atom is -0.439 e. The van der Waals surface area contributed by atoms with E-state index < -0.39 is 12.2 Å². The highest BCUT2D eigenvalue weighted by molar-refractivity contribution is 5.98. The maximum Gasteiger partial charge on any atom is 0.417 e. The zero-order chi connectivity index (χ0) is 12.6. The molecule has 0 aromatic heterocycles. The van der Waals surface area contributed by atoms with E-state index in [9.17, 15) is 14.7 Å². The largest absolute Gasteiger partial charge is 0.439 e. The first-order valence-electron chi connectivity index (χ1n) is 6.17. The summed E-state index contributed by atoms with van der Waals surface area (Å²) in [5.41, 5.74) is 0. The molecule has 0 radical (unpaired) electrons. The topological polar surface area (TPSA) is 66.8 Å². The van der Waals surface area contributed by atoms with Gasteiger partial charge in [0.1, 0.15) is 0 Å². The molecule has 0 bridgehead atoms. The van der Waals surface area contributed by atoms with Gasteiger partial charge < -0.3 is 9.84 Å². The normalized spacial score (nSPS) is 34.4. The van der Waals surface area contributed by atoms with Crippen LogP contribution >= 0.6 is 0 Å². The highest BCUT2D eigenvalue weighted by Crippen LogP contribution is 2.35. The minimum atomic E-state index is -0.556. The van der Waals surface area contributed by atoms with Crippen molar-refractivity contribution in [1.29, 1.82) is 0 Å². The van der Waals surface area contributed by atoms with Crippen molar-refractivity contribution in [2.45, 2.75) is 45.3 Å². The number of aliphatic hydroxyl groups excluding tert-OH is 1. The van der Waals surface area contributed by atoms with Gasteiger partial charge in [-0.25, -0.2) is 9.69 Å². The van der Waals surface area contributed by atoms with E-state index in [0.717, 1.165) is 12.8 Å². The number of carbonyl (C=O) groups is 2. The van der Waals surface area contributed by atoms with Crippen LogP contribution in [0.1, 0.15) is 33.1 Å². The Kier molecular flexibility index (Phi) is 3.38. The third kappa shape index (κ3) is 2.29. The van der Waals surface area contributed by atoms with E-state index in [1.54, 1.807) is 0 Å². The van der Waals surface area contributed by atoms with Gasteiger partial charge in [0.2, 0.25) is 0 Å². The fourth-order valence-electron chi connectivity index (χ4n) is 2.91. The second-order valence-electron chi connectivity index (χ2n) is 5.26. The van der Waals surface area contributed by atoms with Crippen LogP contribution in [0.3, 0.4) is 0 Å². The minimum absolute atomic E-state index is 0.157. The van der Waals surface area contributed by atoms with Crippen LogP contribution in [0.2, 0.25) is 0 Å². The Hall–Kier alpha value is -1.10. The molecule has 1 heterocycles. The smallest absolute Gasteiger partial charge is 0.417 e. The lowest BCUT2D eigenvalue weighted by Crippen LogP contribution is -2.49. The molecule has 5 nitrogen and oxygen atoms in total. The SMILES string of the molecule is CC(C)C1CCC(O)CC1N1C(=O)COC1=O. The van der Waals surface area contributed by atoms with E-state index in [1.165, 1.54) is 4.90 Å². The van der Waals surface area contributed by atoms with Crippen LogP contribution in [0.25, 0.3) is 0 Å². The fourth-order valence-corrected chi connectivity index (χ4v) is 2.91. The molecule has 5 heteroatoms. The molecule has 1 N–H and O–H groups in total. The highest BCUT2D eigenvalue weighted by atomic mass is 16.6. The Labute approximate surface area is 101 Å². The molecular weight excluding hydrogens is 222 g/mol. The van der Waals surface area contributed by atoms with Crippen LogP contribution in [-0.2, 0) is 9.53 Å². The molecule has 0 aromatic carbocycles. The zero-order valence-electron chi connectivity index (χ0n) is 10.3. The van der Waals surface area contributed by atoms with Crippen LogP contribution in [-0.4, -0.2) is 40.8 Å². The summed E-state index contributed by atoms with van der Waals surface area (Å²) in [5, 5.41) is 9.72. The Morgan fingerprint density at radius 3 is 2.59 bits per heavy atom. The number of aliphatic hydroxyl groups is 1. The van der Waals surface area contributed by atoms with E-state index >= 15 is 0 Å². The van der Waals surface area contributed by atoms with Crippen molar-refractivity contribution in [2.24, 2.45) is 11.8 Å². The van der Waals surface area contributed by atoms with E-state index in [4.69, 9.17) is 4.74 Å². The molecule has 1 aliphatic carbocycles. The summed E-state index contributed by atoms with van der Waals surface area (Å²) in [7, 11) is 0. The van der Waals surface area contributed by atoms with Gasteiger partial charge in [-0.1, -0.05) is 13.8 Å². The highest BCUT2D eigenvalue weighted by Gasteiger charge is 2.44. The maximum atomic E-state index is 11.7. The average Bonchev–Trinajstić information content (AvgIpc) is 2.58. The van der Waals surface area contributed by atoms with Crippen LogP contribution in [0, 0.1) is 11.8 Å². The molecule has 96 valence electrons.